The standard InChI is InChI=1S/C18H26FNO/c1-4-14-5-11-17(12-6-14)20(3)13(2)18(21)15-7-9-16(19)10-8-15/h7-10,13-14,17H,4-6,11-12H2,1-3H3. The lowest BCUT2D eigenvalue weighted by molar-refractivity contribution is 0.0752. The number of likely N-dealkylation sites (N-methyl/N-ethyl adjacent to an activating group) is 1. The maximum absolute atomic E-state index is 12.9. The molecule has 2 rings (SSSR count). The summed E-state index contributed by atoms with van der Waals surface area (Å²) in [4.78, 5) is 14.7. The molecule has 0 spiro atoms. The van der Waals surface area contributed by atoms with Crippen LogP contribution in [0.15, 0.2) is 24.3 Å². The van der Waals surface area contributed by atoms with Gasteiger partial charge < -0.3 is 0 Å². The lowest BCUT2D eigenvalue weighted by Gasteiger charge is -2.37. The van der Waals surface area contributed by atoms with Gasteiger partial charge >= 0.3 is 0 Å². The molecule has 0 bridgehead atoms. The molecule has 21 heavy (non-hydrogen) atoms. The Kier molecular flexibility index (Phi) is 5.51. The smallest absolute Gasteiger partial charge is 0.179 e. The van der Waals surface area contributed by atoms with Crippen LogP contribution in [0.2, 0.25) is 0 Å². The van der Waals surface area contributed by atoms with Gasteiger partial charge in [0.05, 0.1) is 6.04 Å². The average molecular weight is 291 g/mol. The number of hydrogen-bond donors (Lipinski definition) is 0. The molecule has 1 aromatic carbocycles. The second-order valence-corrected chi connectivity index (χ2v) is 6.30. The first-order valence-electron chi connectivity index (χ1n) is 8.04. The molecule has 1 unspecified atom stereocenters. The molecule has 1 aliphatic rings. The van der Waals surface area contributed by atoms with Crippen molar-refractivity contribution in [2.75, 3.05) is 7.05 Å². The van der Waals surface area contributed by atoms with Crippen molar-refractivity contribution in [3.05, 3.63) is 35.6 Å². The van der Waals surface area contributed by atoms with Crippen LogP contribution in [0.25, 0.3) is 0 Å². The van der Waals surface area contributed by atoms with E-state index >= 15 is 0 Å². The second-order valence-electron chi connectivity index (χ2n) is 6.30. The Labute approximate surface area is 127 Å². The number of carbonyl (C=O) groups excluding carboxylic acids is 1. The molecule has 116 valence electrons. The van der Waals surface area contributed by atoms with Gasteiger partial charge in [0.15, 0.2) is 5.78 Å². The van der Waals surface area contributed by atoms with Crippen molar-refractivity contribution in [2.45, 2.75) is 58.0 Å². The first kappa shape index (κ1) is 16.2. The Bertz CT molecular complexity index is 463. The first-order valence-corrected chi connectivity index (χ1v) is 8.04. The van der Waals surface area contributed by atoms with E-state index in [9.17, 15) is 9.18 Å². The first-order chi connectivity index (χ1) is 10.0. The molecule has 0 heterocycles. The van der Waals surface area contributed by atoms with Crippen molar-refractivity contribution in [2.24, 2.45) is 5.92 Å². The molecule has 0 N–H and O–H groups in total. The molecule has 1 aliphatic carbocycles. The zero-order chi connectivity index (χ0) is 15.4. The molecule has 1 saturated carbocycles. The molecule has 0 amide bonds. The summed E-state index contributed by atoms with van der Waals surface area (Å²) in [6.45, 7) is 4.22. The van der Waals surface area contributed by atoms with Crippen LogP contribution in [-0.2, 0) is 0 Å². The van der Waals surface area contributed by atoms with Crippen molar-refractivity contribution in [3.8, 4) is 0 Å². The quantitative estimate of drug-likeness (QED) is 0.754. The third-order valence-corrected chi connectivity index (χ3v) is 5.09. The highest BCUT2D eigenvalue weighted by atomic mass is 19.1. The maximum atomic E-state index is 12.9. The van der Waals surface area contributed by atoms with Crippen LogP contribution in [0.3, 0.4) is 0 Å². The molecular formula is C18H26FNO. The Morgan fingerprint density at radius 1 is 1.24 bits per heavy atom. The van der Waals surface area contributed by atoms with Crippen LogP contribution in [0.1, 0.15) is 56.3 Å². The zero-order valence-corrected chi connectivity index (χ0v) is 13.3. The number of ketones is 1. The normalized spacial score (nSPS) is 24.0. The highest BCUT2D eigenvalue weighted by molar-refractivity contribution is 5.99. The topological polar surface area (TPSA) is 20.3 Å². The summed E-state index contributed by atoms with van der Waals surface area (Å²) >= 11 is 0. The minimum absolute atomic E-state index is 0.0788. The number of halogens is 1. The molecule has 2 nitrogen and oxygen atoms in total. The van der Waals surface area contributed by atoms with Crippen molar-refractivity contribution < 1.29 is 9.18 Å². The van der Waals surface area contributed by atoms with Crippen LogP contribution in [0.5, 0.6) is 0 Å². The van der Waals surface area contributed by atoms with E-state index in [1.54, 1.807) is 12.1 Å². The van der Waals surface area contributed by atoms with Crippen LogP contribution < -0.4 is 0 Å². The minimum atomic E-state index is -0.301. The summed E-state index contributed by atoms with van der Waals surface area (Å²) in [5, 5.41) is 0. The molecule has 0 radical (unpaired) electrons. The summed E-state index contributed by atoms with van der Waals surface area (Å²) in [5.74, 6) is 0.637. The van der Waals surface area contributed by atoms with Gasteiger partial charge in [-0.3, -0.25) is 9.69 Å². The average Bonchev–Trinajstić information content (AvgIpc) is 2.53. The van der Waals surface area contributed by atoms with Gasteiger partial charge in [-0.1, -0.05) is 13.3 Å². The van der Waals surface area contributed by atoms with E-state index < -0.39 is 0 Å². The number of rotatable bonds is 5. The van der Waals surface area contributed by atoms with E-state index in [2.05, 4.69) is 11.8 Å². The lowest BCUT2D eigenvalue weighted by atomic mass is 9.83. The van der Waals surface area contributed by atoms with Gasteiger partial charge in [0, 0.05) is 11.6 Å². The molecular weight excluding hydrogens is 265 g/mol. The Hall–Kier alpha value is -1.22. The van der Waals surface area contributed by atoms with Crippen molar-refractivity contribution in [1.82, 2.24) is 4.90 Å². The van der Waals surface area contributed by atoms with Crippen LogP contribution in [0, 0.1) is 11.7 Å². The zero-order valence-electron chi connectivity index (χ0n) is 13.3. The predicted molar refractivity (Wildman–Crippen MR) is 84.0 cm³/mol. The fourth-order valence-electron chi connectivity index (χ4n) is 3.32. The Balaban J connectivity index is 1.97. The van der Waals surface area contributed by atoms with Gasteiger partial charge in [-0.05, 0) is 69.8 Å². The van der Waals surface area contributed by atoms with E-state index in [0.29, 0.717) is 11.6 Å². The van der Waals surface area contributed by atoms with Gasteiger partial charge in [-0.15, -0.1) is 0 Å². The highest BCUT2D eigenvalue weighted by Crippen LogP contribution is 2.30. The molecule has 0 aliphatic heterocycles. The summed E-state index contributed by atoms with van der Waals surface area (Å²) in [6.07, 6.45) is 6.15. The van der Waals surface area contributed by atoms with E-state index in [0.717, 1.165) is 5.92 Å². The van der Waals surface area contributed by atoms with Gasteiger partial charge in [0.25, 0.3) is 0 Å². The van der Waals surface area contributed by atoms with Gasteiger partial charge in [0.1, 0.15) is 5.82 Å². The van der Waals surface area contributed by atoms with E-state index in [-0.39, 0.29) is 17.6 Å². The second kappa shape index (κ2) is 7.17. The number of carbonyl (C=O) groups is 1. The Morgan fingerprint density at radius 3 is 2.33 bits per heavy atom. The van der Waals surface area contributed by atoms with E-state index in [1.165, 1.54) is 44.2 Å². The van der Waals surface area contributed by atoms with E-state index in [4.69, 9.17) is 0 Å². The third kappa shape index (κ3) is 3.91. The van der Waals surface area contributed by atoms with E-state index in [1.807, 2.05) is 14.0 Å². The Morgan fingerprint density at radius 2 is 1.81 bits per heavy atom. The van der Waals surface area contributed by atoms with Crippen molar-refractivity contribution in [1.29, 1.82) is 0 Å². The molecule has 1 fully saturated rings. The van der Waals surface area contributed by atoms with Crippen molar-refractivity contribution in [3.63, 3.8) is 0 Å². The summed E-state index contributed by atoms with van der Waals surface area (Å²) in [7, 11) is 2.04. The lowest BCUT2D eigenvalue weighted by Crippen LogP contribution is -2.44. The SMILES string of the molecule is CCC1CCC(N(C)C(C)C(=O)c2ccc(F)cc2)CC1. The number of nitrogens with zero attached hydrogens (tertiary/aromatic N) is 1. The van der Waals surface area contributed by atoms with Gasteiger partial charge in [-0.2, -0.15) is 0 Å². The van der Waals surface area contributed by atoms with Gasteiger partial charge in [-0.25, -0.2) is 4.39 Å². The molecule has 0 aromatic heterocycles. The van der Waals surface area contributed by atoms with Crippen molar-refractivity contribution >= 4 is 5.78 Å². The molecule has 3 heteroatoms. The molecule has 1 aromatic rings. The van der Waals surface area contributed by atoms with Crippen LogP contribution >= 0.6 is 0 Å². The highest BCUT2D eigenvalue weighted by Gasteiger charge is 2.28. The number of Topliss-reactive ketones (excluding diaryl/α,β-unsaturated/α-hetero) is 1. The maximum Gasteiger partial charge on any atom is 0.179 e. The summed E-state index contributed by atoms with van der Waals surface area (Å²) in [5.41, 5.74) is 0.595. The predicted octanol–water partition coefficient (Wildman–Crippen LogP) is 4.30. The van der Waals surface area contributed by atoms with Crippen LogP contribution in [-0.4, -0.2) is 29.8 Å². The monoisotopic (exact) mass is 291 g/mol. The largest absolute Gasteiger partial charge is 0.294 e. The fourth-order valence-corrected chi connectivity index (χ4v) is 3.32. The minimum Gasteiger partial charge on any atom is -0.294 e. The van der Waals surface area contributed by atoms with Gasteiger partial charge in [0.2, 0.25) is 0 Å². The molecule has 0 saturated heterocycles. The van der Waals surface area contributed by atoms with Crippen LogP contribution in [0.4, 0.5) is 4.39 Å². The summed E-state index contributed by atoms with van der Waals surface area (Å²) in [6, 6.07) is 6.20. The summed E-state index contributed by atoms with van der Waals surface area (Å²) < 4.78 is 12.9. The third-order valence-electron chi connectivity index (χ3n) is 5.09. The molecule has 1 atom stereocenters. The number of hydrogen-bond acceptors (Lipinski definition) is 2. The fraction of sp³-hybridized carbons (Fsp3) is 0.611. The number of benzene rings is 1.